The van der Waals surface area contributed by atoms with Gasteiger partial charge in [0.15, 0.2) is 0 Å². The highest BCUT2D eigenvalue weighted by molar-refractivity contribution is 6.32. The summed E-state index contributed by atoms with van der Waals surface area (Å²) >= 11 is 11.9. The van der Waals surface area contributed by atoms with Gasteiger partial charge in [-0.1, -0.05) is 42.3 Å². The average Bonchev–Trinajstić information content (AvgIpc) is 2.49. The third kappa shape index (κ3) is 3.77. The van der Waals surface area contributed by atoms with Crippen molar-refractivity contribution in [2.75, 3.05) is 11.9 Å². The topological polar surface area (TPSA) is 46.9 Å². The second kappa shape index (κ2) is 6.96. The molecule has 2 rings (SSSR count). The highest BCUT2D eigenvalue weighted by Gasteiger charge is 2.12. The third-order valence-electron chi connectivity index (χ3n) is 3.45. The molecule has 4 nitrogen and oxygen atoms in total. The molecular formula is C15H17Cl2N3O. The normalized spacial score (nSPS) is 12.2. The lowest BCUT2D eigenvalue weighted by atomic mass is 9.96. The molecule has 1 atom stereocenters. The number of benzene rings is 1. The Morgan fingerprint density at radius 1 is 1.29 bits per heavy atom. The van der Waals surface area contributed by atoms with Gasteiger partial charge in [-0.25, -0.2) is 4.68 Å². The number of nitrogens with zero attached hydrogens (tertiary/aromatic N) is 2. The molecule has 0 aliphatic carbocycles. The van der Waals surface area contributed by atoms with Gasteiger partial charge in [0.2, 0.25) is 0 Å². The van der Waals surface area contributed by atoms with E-state index in [9.17, 15) is 4.79 Å². The van der Waals surface area contributed by atoms with Crippen molar-refractivity contribution in [1.82, 2.24) is 9.78 Å². The van der Waals surface area contributed by atoms with Gasteiger partial charge in [-0.2, -0.15) is 5.10 Å². The fraction of sp³-hybridized carbons (Fsp3) is 0.333. The first-order valence-electron chi connectivity index (χ1n) is 6.74. The summed E-state index contributed by atoms with van der Waals surface area (Å²) in [5, 5.41) is 8.06. The fourth-order valence-electron chi connectivity index (χ4n) is 2.10. The zero-order valence-electron chi connectivity index (χ0n) is 11.9. The summed E-state index contributed by atoms with van der Waals surface area (Å²) in [6.45, 7) is 2.79. The minimum absolute atomic E-state index is 0.165. The molecule has 1 aromatic carbocycles. The van der Waals surface area contributed by atoms with Crippen molar-refractivity contribution in [2.45, 2.75) is 19.3 Å². The molecule has 0 amide bonds. The highest BCUT2D eigenvalue weighted by atomic mass is 35.5. The van der Waals surface area contributed by atoms with Crippen LogP contribution in [0.3, 0.4) is 0 Å². The minimum atomic E-state index is -0.304. The third-order valence-corrected chi connectivity index (χ3v) is 4.07. The molecule has 1 N–H and O–H groups in total. The monoisotopic (exact) mass is 325 g/mol. The van der Waals surface area contributed by atoms with E-state index >= 15 is 0 Å². The van der Waals surface area contributed by atoms with Crippen LogP contribution in [0.1, 0.15) is 24.8 Å². The van der Waals surface area contributed by atoms with Crippen molar-refractivity contribution in [2.24, 2.45) is 7.05 Å². The number of hydrogen-bond donors (Lipinski definition) is 1. The summed E-state index contributed by atoms with van der Waals surface area (Å²) in [5.74, 6) is 0.308. The van der Waals surface area contributed by atoms with E-state index < -0.39 is 0 Å². The van der Waals surface area contributed by atoms with Crippen molar-refractivity contribution < 1.29 is 0 Å². The van der Waals surface area contributed by atoms with Crippen molar-refractivity contribution in [3.8, 4) is 0 Å². The molecule has 1 unspecified atom stereocenters. The molecule has 0 fully saturated rings. The Balaban J connectivity index is 2.12. The van der Waals surface area contributed by atoms with Crippen LogP contribution in [0.2, 0.25) is 10.0 Å². The molecule has 0 bridgehead atoms. The molecule has 0 saturated carbocycles. The predicted molar refractivity (Wildman–Crippen MR) is 87.5 cm³/mol. The lowest BCUT2D eigenvalue weighted by molar-refractivity contribution is 0.687. The Bertz CT molecular complexity index is 668. The zero-order valence-corrected chi connectivity index (χ0v) is 13.4. The summed E-state index contributed by atoms with van der Waals surface area (Å²) < 4.78 is 1.21. The molecule has 0 radical (unpaired) electrons. The average molecular weight is 326 g/mol. The Hall–Kier alpha value is -1.52. The highest BCUT2D eigenvalue weighted by Crippen LogP contribution is 2.23. The van der Waals surface area contributed by atoms with Gasteiger partial charge < -0.3 is 5.32 Å². The molecule has 1 heterocycles. The van der Waals surface area contributed by atoms with E-state index in [1.807, 2.05) is 24.3 Å². The number of rotatable bonds is 5. The second-order valence-electron chi connectivity index (χ2n) is 4.84. The van der Waals surface area contributed by atoms with Gasteiger partial charge >= 0.3 is 0 Å². The molecule has 21 heavy (non-hydrogen) atoms. The smallest absolute Gasteiger partial charge is 0.287 e. The summed E-state index contributed by atoms with van der Waals surface area (Å²) in [5.41, 5.74) is 1.45. The van der Waals surface area contributed by atoms with Crippen LogP contribution >= 0.6 is 23.2 Å². The van der Waals surface area contributed by atoms with Crippen LogP contribution in [0.4, 0.5) is 5.69 Å². The lowest BCUT2D eigenvalue weighted by Gasteiger charge is -2.17. The minimum Gasteiger partial charge on any atom is -0.382 e. The molecule has 0 aliphatic heterocycles. The van der Waals surface area contributed by atoms with Crippen LogP contribution < -0.4 is 10.9 Å². The molecular weight excluding hydrogens is 309 g/mol. The molecule has 6 heteroatoms. The number of halogens is 2. The van der Waals surface area contributed by atoms with Crippen molar-refractivity contribution in [1.29, 1.82) is 0 Å². The maximum atomic E-state index is 11.7. The molecule has 2 aromatic rings. The largest absolute Gasteiger partial charge is 0.382 e. The lowest BCUT2D eigenvalue weighted by Crippen LogP contribution is -2.22. The van der Waals surface area contributed by atoms with Crippen LogP contribution in [0, 0.1) is 0 Å². The molecule has 112 valence electrons. The van der Waals surface area contributed by atoms with Crippen LogP contribution in [0.25, 0.3) is 0 Å². The summed E-state index contributed by atoms with van der Waals surface area (Å²) in [7, 11) is 1.57. The number of nitrogens with one attached hydrogen (secondary N) is 1. The van der Waals surface area contributed by atoms with E-state index in [-0.39, 0.29) is 10.6 Å². The van der Waals surface area contributed by atoms with Gasteiger partial charge in [-0.3, -0.25) is 4.79 Å². The van der Waals surface area contributed by atoms with Crippen LogP contribution in [-0.2, 0) is 7.05 Å². The van der Waals surface area contributed by atoms with E-state index in [4.69, 9.17) is 23.2 Å². The van der Waals surface area contributed by atoms with E-state index in [0.29, 0.717) is 18.2 Å². The first-order valence-corrected chi connectivity index (χ1v) is 7.49. The number of aryl methyl sites for hydroxylation is 1. The van der Waals surface area contributed by atoms with Crippen LogP contribution in [0.15, 0.2) is 35.3 Å². The van der Waals surface area contributed by atoms with E-state index in [1.54, 1.807) is 13.2 Å². The van der Waals surface area contributed by atoms with Gasteiger partial charge in [0.25, 0.3) is 5.56 Å². The number of anilines is 1. The first-order chi connectivity index (χ1) is 10.0. The molecule has 0 spiro atoms. The van der Waals surface area contributed by atoms with E-state index in [1.165, 1.54) is 10.2 Å². The summed E-state index contributed by atoms with van der Waals surface area (Å²) in [4.78, 5) is 11.7. The Morgan fingerprint density at radius 3 is 2.57 bits per heavy atom. The van der Waals surface area contributed by atoms with Crippen molar-refractivity contribution in [3.05, 3.63) is 56.4 Å². The van der Waals surface area contributed by atoms with Gasteiger partial charge in [0.05, 0.1) is 11.9 Å². The van der Waals surface area contributed by atoms with E-state index in [2.05, 4.69) is 17.3 Å². The van der Waals surface area contributed by atoms with E-state index in [0.717, 1.165) is 11.4 Å². The van der Waals surface area contributed by atoms with Gasteiger partial charge in [0, 0.05) is 24.5 Å². The van der Waals surface area contributed by atoms with Crippen molar-refractivity contribution in [3.63, 3.8) is 0 Å². The van der Waals surface area contributed by atoms with Gasteiger partial charge in [-0.05, 0) is 24.1 Å². The first kappa shape index (κ1) is 15.9. The van der Waals surface area contributed by atoms with Gasteiger partial charge in [0.1, 0.15) is 5.02 Å². The standard InChI is InChI=1S/C15H17Cl2N3O/c1-3-10(11-4-6-12(16)7-5-11)8-18-13-9-19-20(2)15(21)14(13)17/h4-7,9-10,18H,3,8H2,1-2H3. The molecule has 1 aromatic heterocycles. The SMILES string of the molecule is CCC(CNc1cnn(C)c(=O)c1Cl)c1ccc(Cl)cc1. The van der Waals surface area contributed by atoms with Gasteiger partial charge in [-0.15, -0.1) is 0 Å². The fourth-order valence-corrected chi connectivity index (χ4v) is 2.46. The Kier molecular flexibility index (Phi) is 5.26. The van der Waals surface area contributed by atoms with Crippen molar-refractivity contribution >= 4 is 28.9 Å². The van der Waals surface area contributed by atoms with Crippen LogP contribution in [0.5, 0.6) is 0 Å². The number of aromatic nitrogens is 2. The molecule has 0 saturated heterocycles. The molecule has 0 aliphatic rings. The maximum absolute atomic E-state index is 11.7. The summed E-state index contributed by atoms with van der Waals surface area (Å²) in [6, 6.07) is 7.79. The Morgan fingerprint density at radius 2 is 1.95 bits per heavy atom. The Labute approximate surface area is 133 Å². The quantitative estimate of drug-likeness (QED) is 0.911. The van der Waals surface area contributed by atoms with Crippen LogP contribution in [-0.4, -0.2) is 16.3 Å². The maximum Gasteiger partial charge on any atom is 0.287 e. The summed E-state index contributed by atoms with van der Waals surface area (Å²) in [6.07, 6.45) is 2.53. The number of hydrogen-bond acceptors (Lipinski definition) is 3. The second-order valence-corrected chi connectivity index (χ2v) is 5.65. The zero-order chi connectivity index (χ0) is 15.4. The predicted octanol–water partition coefficient (Wildman–Crippen LogP) is 3.69.